The SMILES string of the molecule is N#CNC(=NCc1ccccc1)NC1CCCCN(CC(=O)N2CCCC2)C1=O. The lowest BCUT2D eigenvalue weighted by molar-refractivity contribution is -0.140. The third-order valence-corrected chi connectivity index (χ3v) is 5.31. The van der Waals surface area contributed by atoms with Gasteiger partial charge < -0.3 is 15.1 Å². The Bertz CT molecular complexity index is 767. The van der Waals surface area contributed by atoms with Gasteiger partial charge in [0.15, 0.2) is 6.19 Å². The Morgan fingerprint density at radius 2 is 1.86 bits per heavy atom. The number of amides is 2. The summed E-state index contributed by atoms with van der Waals surface area (Å²) in [5.74, 6) is 0.189. The maximum atomic E-state index is 13.0. The van der Waals surface area contributed by atoms with Crippen LogP contribution in [-0.4, -0.2) is 59.8 Å². The van der Waals surface area contributed by atoms with Gasteiger partial charge in [0.25, 0.3) is 0 Å². The third-order valence-electron chi connectivity index (χ3n) is 5.31. The van der Waals surface area contributed by atoms with Gasteiger partial charge in [0, 0.05) is 19.6 Å². The number of carbonyl (C=O) groups excluding carboxylic acids is 2. The predicted octanol–water partition coefficient (Wildman–Crippen LogP) is 1.21. The zero-order chi connectivity index (χ0) is 20.5. The van der Waals surface area contributed by atoms with E-state index in [1.54, 1.807) is 4.90 Å². The number of aliphatic imine (C=N–C) groups is 1. The first-order valence-electron chi connectivity index (χ1n) is 10.2. The smallest absolute Gasteiger partial charge is 0.245 e. The van der Waals surface area contributed by atoms with Crippen molar-refractivity contribution in [2.75, 3.05) is 26.2 Å². The van der Waals surface area contributed by atoms with Crippen molar-refractivity contribution < 1.29 is 9.59 Å². The minimum Gasteiger partial charge on any atom is -0.344 e. The standard InChI is InChI=1S/C21H28N6O2/c22-16-24-21(23-14-17-8-2-1-3-9-17)25-18-10-4-5-13-27(20(18)29)15-19(28)26-11-6-7-12-26/h1-3,8-9,18H,4-7,10-15H2,(H2,23,24,25). The summed E-state index contributed by atoms with van der Waals surface area (Å²) in [5.41, 5.74) is 1.01. The molecule has 154 valence electrons. The van der Waals surface area contributed by atoms with Gasteiger partial charge in [0.05, 0.1) is 13.1 Å². The Labute approximate surface area is 171 Å². The maximum Gasteiger partial charge on any atom is 0.245 e. The van der Waals surface area contributed by atoms with Crippen LogP contribution in [0.25, 0.3) is 0 Å². The van der Waals surface area contributed by atoms with Crippen molar-refractivity contribution in [3.8, 4) is 6.19 Å². The number of rotatable bonds is 5. The molecule has 0 radical (unpaired) electrons. The van der Waals surface area contributed by atoms with Crippen LogP contribution in [0, 0.1) is 11.5 Å². The van der Waals surface area contributed by atoms with Crippen molar-refractivity contribution in [2.45, 2.75) is 44.7 Å². The minimum atomic E-state index is -0.501. The zero-order valence-corrected chi connectivity index (χ0v) is 16.6. The monoisotopic (exact) mass is 396 g/mol. The molecular weight excluding hydrogens is 368 g/mol. The van der Waals surface area contributed by atoms with Crippen molar-refractivity contribution in [2.24, 2.45) is 4.99 Å². The van der Waals surface area contributed by atoms with Gasteiger partial charge in [-0.05, 0) is 37.7 Å². The van der Waals surface area contributed by atoms with Gasteiger partial charge in [-0.15, -0.1) is 0 Å². The molecular formula is C21H28N6O2. The highest BCUT2D eigenvalue weighted by atomic mass is 16.2. The lowest BCUT2D eigenvalue weighted by Crippen LogP contribution is -2.52. The lowest BCUT2D eigenvalue weighted by Gasteiger charge is -2.27. The number of benzene rings is 1. The van der Waals surface area contributed by atoms with Gasteiger partial charge in [-0.3, -0.25) is 14.9 Å². The molecule has 2 amide bonds. The number of nitrogens with one attached hydrogen (secondary N) is 2. The van der Waals surface area contributed by atoms with Crippen molar-refractivity contribution in [3.05, 3.63) is 35.9 Å². The molecule has 1 aromatic carbocycles. The molecule has 8 heteroatoms. The first-order valence-corrected chi connectivity index (χ1v) is 10.2. The molecule has 0 saturated carbocycles. The molecule has 2 aliphatic heterocycles. The van der Waals surface area contributed by atoms with Crippen molar-refractivity contribution in [3.63, 3.8) is 0 Å². The van der Waals surface area contributed by atoms with Gasteiger partial charge in [-0.1, -0.05) is 30.3 Å². The summed E-state index contributed by atoms with van der Waals surface area (Å²) in [6.07, 6.45) is 6.32. The summed E-state index contributed by atoms with van der Waals surface area (Å²) >= 11 is 0. The van der Waals surface area contributed by atoms with Crippen LogP contribution in [0.15, 0.2) is 35.3 Å². The van der Waals surface area contributed by atoms with E-state index in [0.717, 1.165) is 44.3 Å². The Morgan fingerprint density at radius 1 is 1.14 bits per heavy atom. The molecule has 2 fully saturated rings. The number of guanidine groups is 1. The average Bonchev–Trinajstić information content (AvgIpc) is 3.23. The van der Waals surface area contributed by atoms with E-state index in [1.807, 2.05) is 41.4 Å². The number of nitriles is 1. The summed E-state index contributed by atoms with van der Waals surface area (Å²) in [6, 6.07) is 9.20. The second-order valence-corrected chi connectivity index (χ2v) is 7.43. The maximum absolute atomic E-state index is 13.0. The number of hydrogen-bond donors (Lipinski definition) is 2. The average molecular weight is 396 g/mol. The summed E-state index contributed by atoms with van der Waals surface area (Å²) in [4.78, 5) is 33.4. The third kappa shape index (κ3) is 5.95. The molecule has 2 saturated heterocycles. The number of nitrogens with zero attached hydrogens (tertiary/aromatic N) is 4. The van der Waals surface area contributed by atoms with E-state index < -0.39 is 6.04 Å². The van der Waals surface area contributed by atoms with E-state index in [4.69, 9.17) is 5.26 Å². The zero-order valence-electron chi connectivity index (χ0n) is 16.6. The Kier molecular flexibility index (Phi) is 7.45. The molecule has 2 N–H and O–H groups in total. The number of likely N-dealkylation sites (tertiary alicyclic amines) is 2. The van der Waals surface area contributed by atoms with Crippen LogP contribution in [0.1, 0.15) is 37.7 Å². The van der Waals surface area contributed by atoms with E-state index in [2.05, 4.69) is 15.6 Å². The Hall–Kier alpha value is -3.08. The van der Waals surface area contributed by atoms with Gasteiger partial charge >= 0.3 is 0 Å². The molecule has 2 heterocycles. The van der Waals surface area contributed by atoms with E-state index in [-0.39, 0.29) is 24.3 Å². The molecule has 29 heavy (non-hydrogen) atoms. The van der Waals surface area contributed by atoms with Crippen LogP contribution in [0.4, 0.5) is 0 Å². The molecule has 1 atom stereocenters. The van der Waals surface area contributed by atoms with Gasteiger partial charge in [-0.2, -0.15) is 5.26 Å². The van der Waals surface area contributed by atoms with Crippen molar-refractivity contribution in [1.82, 2.24) is 20.4 Å². The quantitative estimate of drug-likeness (QED) is 0.337. The summed E-state index contributed by atoms with van der Waals surface area (Å²) in [6.45, 7) is 2.67. The van der Waals surface area contributed by atoms with Gasteiger partial charge in [0.2, 0.25) is 17.8 Å². The fraction of sp³-hybridized carbons (Fsp3) is 0.524. The fourth-order valence-electron chi connectivity index (χ4n) is 3.72. The topological polar surface area (TPSA) is 101 Å². The molecule has 0 aliphatic carbocycles. The van der Waals surface area contributed by atoms with Crippen LogP contribution in [0.2, 0.25) is 0 Å². The minimum absolute atomic E-state index is 0.0182. The van der Waals surface area contributed by atoms with Crippen LogP contribution >= 0.6 is 0 Å². The summed E-state index contributed by atoms with van der Waals surface area (Å²) in [7, 11) is 0. The Balaban J connectivity index is 1.64. The Morgan fingerprint density at radius 3 is 2.59 bits per heavy atom. The first kappa shape index (κ1) is 20.6. The highest BCUT2D eigenvalue weighted by Crippen LogP contribution is 2.14. The van der Waals surface area contributed by atoms with Crippen LogP contribution in [0.5, 0.6) is 0 Å². The van der Waals surface area contributed by atoms with Gasteiger partial charge in [0.1, 0.15) is 6.04 Å². The van der Waals surface area contributed by atoms with E-state index >= 15 is 0 Å². The second kappa shape index (κ2) is 10.5. The molecule has 0 bridgehead atoms. The fourth-order valence-corrected chi connectivity index (χ4v) is 3.72. The lowest BCUT2D eigenvalue weighted by atomic mass is 10.1. The molecule has 0 aromatic heterocycles. The summed E-state index contributed by atoms with van der Waals surface area (Å²) < 4.78 is 0. The highest BCUT2D eigenvalue weighted by molar-refractivity contribution is 5.92. The first-order chi connectivity index (χ1) is 14.2. The van der Waals surface area contributed by atoms with E-state index in [1.165, 1.54) is 0 Å². The van der Waals surface area contributed by atoms with E-state index in [9.17, 15) is 9.59 Å². The van der Waals surface area contributed by atoms with Crippen molar-refractivity contribution >= 4 is 17.8 Å². The van der Waals surface area contributed by atoms with Crippen LogP contribution in [0.3, 0.4) is 0 Å². The normalized spacial score (nSPS) is 20.2. The predicted molar refractivity (Wildman–Crippen MR) is 109 cm³/mol. The number of carbonyl (C=O) groups is 2. The molecule has 3 rings (SSSR count). The van der Waals surface area contributed by atoms with Crippen LogP contribution in [-0.2, 0) is 16.1 Å². The molecule has 1 aromatic rings. The molecule has 8 nitrogen and oxygen atoms in total. The summed E-state index contributed by atoms with van der Waals surface area (Å²) in [5, 5.41) is 14.7. The molecule has 2 aliphatic rings. The van der Waals surface area contributed by atoms with E-state index in [0.29, 0.717) is 19.5 Å². The molecule has 1 unspecified atom stereocenters. The van der Waals surface area contributed by atoms with Gasteiger partial charge in [-0.25, -0.2) is 4.99 Å². The highest BCUT2D eigenvalue weighted by Gasteiger charge is 2.30. The largest absolute Gasteiger partial charge is 0.344 e. The molecule has 0 spiro atoms. The second-order valence-electron chi connectivity index (χ2n) is 7.43. The van der Waals surface area contributed by atoms with Crippen LogP contribution < -0.4 is 10.6 Å². The van der Waals surface area contributed by atoms with Crippen molar-refractivity contribution in [1.29, 1.82) is 5.26 Å². The number of hydrogen-bond acceptors (Lipinski definition) is 4.